The second-order valence-corrected chi connectivity index (χ2v) is 6.77. The minimum absolute atomic E-state index is 0.174. The minimum Gasteiger partial charge on any atom is -0.484 e. The molecule has 150 valence electrons. The van der Waals surface area contributed by atoms with Crippen molar-refractivity contribution in [3.63, 3.8) is 0 Å². The van der Waals surface area contributed by atoms with Gasteiger partial charge in [-0.25, -0.2) is 9.37 Å². The number of ether oxygens (including phenoxy) is 1. The topological polar surface area (TPSA) is 64.4 Å². The van der Waals surface area contributed by atoms with Crippen LogP contribution in [0.5, 0.6) is 5.75 Å². The van der Waals surface area contributed by atoms with Crippen molar-refractivity contribution < 1.29 is 18.3 Å². The van der Waals surface area contributed by atoms with E-state index in [1.54, 1.807) is 18.4 Å². The molecule has 0 bridgehead atoms. The van der Waals surface area contributed by atoms with Crippen LogP contribution in [0.4, 0.5) is 10.1 Å². The summed E-state index contributed by atoms with van der Waals surface area (Å²) in [6.45, 7) is 1.86. The highest BCUT2D eigenvalue weighted by Crippen LogP contribution is 2.26. The first-order valence-corrected chi connectivity index (χ1v) is 9.38. The summed E-state index contributed by atoms with van der Waals surface area (Å²) < 4.78 is 23.8. The van der Waals surface area contributed by atoms with Crippen LogP contribution in [0, 0.1) is 12.7 Å². The summed E-state index contributed by atoms with van der Waals surface area (Å²) in [7, 11) is 0. The fourth-order valence-corrected chi connectivity index (χ4v) is 2.84. The second kappa shape index (κ2) is 8.61. The van der Waals surface area contributed by atoms with E-state index in [0.717, 1.165) is 16.8 Å². The van der Waals surface area contributed by atoms with Gasteiger partial charge in [0.15, 0.2) is 6.61 Å². The van der Waals surface area contributed by atoms with Gasteiger partial charge < -0.3 is 14.5 Å². The average molecular weight is 402 g/mol. The molecule has 0 spiro atoms. The number of rotatable bonds is 6. The molecule has 30 heavy (non-hydrogen) atoms. The van der Waals surface area contributed by atoms with E-state index < -0.39 is 0 Å². The van der Waals surface area contributed by atoms with Crippen molar-refractivity contribution in [2.45, 2.75) is 6.92 Å². The number of halogens is 1. The van der Waals surface area contributed by atoms with Crippen molar-refractivity contribution in [3.05, 3.63) is 90.4 Å². The average Bonchev–Trinajstić information content (AvgIpc) is 3.25. The Bertz CT molecular complexity index is 1130. The molecule has 0 atom stereocenters. The zero-order chi connectivity index (χ0) is 20.9. The molecule has 0 unspecified atom stereocenters. The van der Waals surface area contributed by atoms with E-state index in [4.69, 9.17) is 9.15 Å². The van der Waals surface area contributed by atoms with Crippen molar-refractivity contribution >= 4 is 11.6 Å². The van der Waals surface area contributed by atoms with Crippen molar-refractivity contribution in [2.75, 3.05) is 11.9 Å². The third-order valence-electron chi connectivity index (χ3n) is 4.45. The van der Waals surface area contributed by atoms with E-state index in [1.165, 1.54) is 29.8 Å². The van der Waals surface area contributed by atoms with Gasteiger partial charge in [0, 0.05) is 16.8 Å². The first kappa shape index (κ1) is 19.4. The van der Waals surface area contributed by atoms with E-state index in [9.17, 15) is 9.18 Å². The lowest BCUT2D eigenvalue weighted by Crippen LogP contribution is -2.20. The normalized spacial score (nSPS) is 10.6. The molecule has 0 saturated carbocycles. The summed E-state index contributed by atoms with van der Waals surface area (Å²) in [6.07, 6.45) is 1.63. The Hall–Kier alpha value is -3.93. The van der Waals surface area contributed by atoms with Crippen molar-refractivity contribution in [2.24, 2.45) is 0 Å². The summed E-state index contributed by atoms with van der Waals surface area (Å²) in [4.78, 5) is 16.6. The molecule has 0 radical (unpaired) electrons. The Balaban J connectivity index is 1.36. The Morgan fingerprint density at radius 1 is 0.967 bits per heavy atom. The number of hydrogen-bond acceptors (Lipinski definition) is 4. The van der Waals surface area contributed by atoms with Gasteiger partial charge in [-0.15, -0.1) is 0 Å². The molecule has 1 heterocycles. The second-order valence-electron chi connectivity index (χ2n) is 6.77. The predicted octanol–water partition coefficient (Wildman–Crippen LogP) is 5.47. The predicted molar refractivity (Wildman–Crippen MR) is 113 cm³/mol. The smallest absolute Gasteiger partial charge is 0.262 e. The largest absolute Gasteiger partial charge is 0.484 e. The summed E-state index contributed by atoms with van der Waals surface area (Å²) in [6, 6.07) is 20.7. The van der Waals surface area contributed by atoms with Gasteiger partial charge in [0.25, 0.3) is 5.91 Å². The van der Waals surface area contributed by atoms with E-state index in [-0.39, 0.29) is 18.3 Å². The molecule has 0 aliphatic heterocycles. The van der Waals surface area contributed by atoms with Gasteiger partial charge in [0.1, 0.15) is 23.5 Å². The van der Waals surface area contributed by atoms with Gasteiger partial charge in [-0.05, 0) is 55.5 Å². The van der Waals surface area contributed by atoms with Crippen molar-refractivity contribution in [1.29, 1.82) is 0 Å². The minimum atomic E-state index is -0.357. The Morgan fingerprint density at radius 3 is 2.33 bits per heavy atom. The van der Waals surface area contributed by atoms with Crippen molar-refractivity contribution in [3.8, 4) is 28.5 Å². The Kier molecular flexibility index (Phi) is 5.57. The van der Waals surface area contributed by atoms with E-state index in [1.807, 2.05) is 43.3 Å². The molecule has 0 fully saturated rings. The zero-order valence-corrected chi connectivity index (χ0v) is 16.3. The van der Waals surface area contributed by atoms with Crippen LogP contribution in [0.2, 0.25) is 0 Å². The van der Waals surface area contributed by atoms with Gasteiger partial charge in [-0.1, -0.05) is 29.8 Å². The Morgan fingerprint density at radius 2 is 1.63 bits per heavy atom. The molecule has 6 heteroatoms. The van der Waals surface area contributed by atoms with Crippen LogP contribution in [-0.4, -0.2) is 17.5 Å². The van der Waals surface area contributed by atoms with Crippen molar-refractivity contribution in [1.82, 2.24) is 4.98 Å². The van der Waals surface area contributed by atoms with Crippen LogP contribution in [-0.2, 0) is 4.79 Å². The first-order chi connectivity index (χ1) is 14.6. The Labute approximate surface area is 173 Å². The third kappa shape index (κ3) is 4.72. The van der Waals surface area contributed by atoms with Gasteiger partial charge in [0.05, 0.1) is 0 Å². The highest BCUT2D eigenvalue weighted by molar-refractivity contribution is 5.92. The highest BCUT2D eigenvalue weighted by Gasteiger charge is 2.09. The quantitative estimate of drug-likeness (QED) is 0.464. The molecule has 0 aliphatic rings. The zero-order valence-electron chi connectivity index (χ0n) is 16.3. The van der Waals surface area contributed by atoms with Crippen LogP contribution < -0.4 is 10.1 Å². The van der Waals surface area contributed by atoms with E-state index in [0.29, 0.717) is 17.3 Å². The maximum Gasteiger partial charge on any atom is 0.262 e. The molecule has 1 amide bonds. The van der Waals surface area contributed by atoms with Gasteiger partial charge in [-0.3, -0.25) is 4.79 Å². The van der Waals surface area contributed by atoms with Crippen LogP contribution in [0.15, 0.2) is 83.5 Å². The van der Waals surface area contributed by atoms with E-state index >= 15 is 0 Å². The molecule has 0 aliphatic carbocycles. The van der Waals surface area contributed by atoms with Gasteiger partial charge >= 0.3 is 0 Å². The highest BCUT2D eigenvalue weighted by atomic mass is 19.1. The number of carbonyl (C=O) groups excluding carboxylic acids is 1. The number of aryl methyl sites for hydroxylation is 1. The lowest BCUT2D eigenvalue weighted by Gasteiger charge is -2.08. The maximum absolute atomic E-state index is 12.9. The van der Waals surface area contributed by atoms with Crippen LogP contribution >= 0.6 is 0 Å². The summed E-state index contributed by atoms with van der Waals surface area (Å²) >= 11 is 0. The van der Waals surface area contributed by atoms with Gasteiger partial charge in [-0.2, -0.15) is 0 Å². The number of aromatic nitrogens is 1. The molecular formula is C24H19FN2O3. The molecule has 1 N–H and O–H groups in total. The number of oxazole rings is 1. The number of benzene rings is 3. The maximum atomic E-state index is 12.9. The number of amides is 1. The molecule has 3 aromatic carbocycles. The molecule has 4 aromatic rings. The molecular weight excluding hydrogens is 383 g/mol. The summed E-state index contributed by atoms with van der Waals surface area (Å²) in [5, 5.41) is 2.75. The third-order valence-corrected chi connectivity index (χ3v) is 4.45. The number of carbonyl (C=O) groups is 1. The number of nitrogens with zero attached hydrogens (tertiary/aromatic N) is 1. The fourth-order valence-electron chi connectivity index (χ4n) is 2.84. The molecule has 0 saturated heterocycles. The molecule has 4 rings (SSSR count). The molecule has 1 aromatic heterocycles. The summed E-state index contributed by atoms with van der Waals surface area (Å²) in [5.74, 6) is 0.257. The van der Waals surface area contributed by atoms with E-state index in [2.05, 4.69) is 10.3 Å². The van der Waals surface area contributed by atoms with Crippen LogP contribution in [0.25, 0.3) is 22.7 Å². The standard InChI is InChI=1S/C24H19FN2O3/c1-16-2-4-17(5-3-16)22-14-30-24(27-22)18-6-10-20(11-7-18)26-23(28)15-29-21-12-8-19(25)9-13-21/h2-14H,15H2,1H3,(H,26,28). The first-order valence-electron chi connectivity index (χ1n) is 9.38. The lowest BCUT2D eigenvalue weighted by molar-refractivity contribution is -0.118. The number of nitrogens with one attached hydrogen (secondary N) is 1. The van der Waals surface area contributed by atoms with Gasteiger partial charge in [0.2, 0.25) is 5.89 Å². The number of anilines is 1. The SMILES string of the molecule is Cc1ccc(-c2coc(-c3ccc(NC(=O)COc4ccc(F)cc4)cc3)n2)cc1. The molecule has 5 nitrogen and oxygen atoms in total. The monoisotopic (exact) mass is 402 g/mol. The lowest BCUT2D eigenvalue weighted by atomic mass is 10.1. The number of hydrogen-bond donors (Lipinski definition) is 1. The van der Waals surface area contributed by atoms with Crippen LogP contribution in [0.1, 0.15) is 5.56 Å². The fraction of sp³-hybridized carbons (Fsp3) is 0.0833. The summed E-state index contributed by atoms with van der Waals surface area (Å²) in [5.41, 5.74) is 4.36. The van der Waals surface area contributed by atoms with Crippen LogP contribution in [0.3, 0.4) is 0 Å².